The van der Waals surface area contributed by atoms with Crippen LogP contribution in [-0.2, 0) is 11.4 Å². The quantitative estimate of drug-likeness (QED) is 0.830. The second kappa shape index (κ2) is 4.80. The van der Waals surface area contributed by atoms with Crippen LogP contribution in [-0.4, -0.2) is 40.7 Å². The van der Waals surface area contributed by atoms with Crippen molar-refractivity contribution < 1.29 is 4.84 Å². The lowest BCUT2D eigenvalue weighted by molar-refractivity contribution is -0.185. The summed E-state index contributed by atoms with van der Waals surface area (Å²) in [6.45, 7) is 2.28. The molecule has 21 heavy (non-hydrogen) atoms. The van der Waals surface area contributed by atoms with Crippen molar-refractivity contribution in [2.24, 2.45) is 5.92 Å². The van der Waals surface area contributed by atoms with Crippen molar-refractivity contribution in [1.82, 2.24) is 9.96 Å². The van der Waals surface area contributed by atoms with Crippen LogP contribution < -0.4 is 0 Å². The van der Waals surface area contributed by atoms with E-state index in [2.05, 4.69) is 40.3 Å². The maximum absolute atomic E-state index is 6.42. The molecule has 4 aliphatic rings. The second-order valence-electron chi connectivity index (χ2n) is 7.22. The fourth-order valence-electron chi connectivity index (χ4n) is 5.50. The molecule has 5 atom stereocenters. The standard InChI is InChI=1S/C18H24N2O/c1-2-6-13(7-3-1)12-20-18-15-9-5-11-19(15)14-8-4-10-16(21-20)17(14)18/h1-3,6-7,14-18H,4-5,8-12H2/t14-,15+,16+,17-,18-/m0/s1. The van der Waals surface area contributed by atoms with Gasteiger partial charge in [0.15, 0.2) is 0 Å². The molecule has 1 aliphatic carbocycles. The molecule has 0 unspecified atom stereocenters. The van der Waals surface area contributed by atoms with E-state index in [0.717, 1.165) is 24.5 Å². The Morgan fingerprint density at radius 3 is 2.76 bits per heavy atom. The third-order valence-electron chi connectivity index (χ3n) is 6.20. The highest BCUT2D eigenvalue weighted by atomic mass is 16.7. The molecule has 0 aromatic heterocycles. The molecule has 0 bridgehead atoms. The monoisotopic (exact) mass is 284 g/mol. The van der Waals surface area contributed by atoms with Crippen molar-refractivity contribution in [2.75, 3.05) is 6.54 Å². The number of rotatable bonds is 2. The number of nitrogens with zero attached hydrogens (tertiary/aromatic N) is 2. The van der Waals surface area contributed by atoms with Crippen LogP contribution in [0.15, 0.2) is 30.3 Å². The summed E-state index contributed by atoms with van der Waals surface area (Å²) in [5.74, 6) is 0.771. The predicted octanol–water partition coefficient (Wildman–Crippen LogP) is 2.82. The van der Waals surface area contributed by atoms with E-state index in [-0.39, 0.29) is 0 Å². The minimum Gasteiger partial charge on any atom is -0.295 e. The van der Waals surface area contributed by atoms with Crippen molar-refractivity contribution in [3.8, 4) is 0 Å². The van der Waals surface area contributed by atoms with Crippen molar-refractivity contribution in [3.05, 3.63) is 35.9 Å². The third-order valence-corrected chi connectivity index (χ3v) is 6.20. The Kier molecular flexibility index (Phi) is 2.89. The molecule has 3 heterocycles. The van der Waals surface area contributed by atoms with Crippen molar-refractivity contribution in [2.45, 2.75) is 62.9 Å². The second-order valence-corrected chi connectivity index (χ2v) is 7.22. The average molecular weight is 284 g/mol. The number of hydroxylamine groups is 2. The Morgan fingerprint density at radius 2 is 1.86 bits per heavy atom. The van der Waals surface area contributed by atoms with E-state index in [1.54, 1.807) is 0 Å². The molecule has 1 aromatic rings. The minimum absolute atomic E-state index is 0.489. The fraction of sp³-hybridized carbons (Fsp3) is 0.667. The molecular formula is C18H24N2O. The van der Waals surface area contributed by atoms with Gasteiger partial charge >= 0.3 is 0 Å². The zero-order valence-electron chi connectivity index (χ0n) is 12.5. The van der Waals surface area contributed by atoms with E-state index in [0.29, 0.717) is 12.1 Å². The largest absolute Gasteiger partial charge is 0.295 e. The molecule has 3 saturated heterocycles. The van der Waals surface area contributed by atoms with Gasteiger partial charge in [0.25, 0.3) is 0 Å². The first-order chi connectivity index (χ1) is 10.4. The third kappa shape index (κ3) is 1.84. The van der Waals surface area contributed by atoms with Crippen LogP contribution in [0.1, 0.15) is 37.7 Å². The Balaban J connectivity index is 1.45. The normalized spacial score (nSPS) is 42.2. The van der Waals surface area contributed by atoms with Crippen LogP contribution in [0.25, 0.3) is 0 Å². The van der Waals surface area contributed by atoms with E-state index in [9.17, 15) is 0 Å². The van der Waals surface area contributed by atoms with Crippen LogP contribution >= 0.6 is 0 Å². The van der Waals surface area contributed by atoms with Gasteiger partial charge in [-0.2, -0.15) is 5.06 Å². The predicted molar refractivity (Wildman–Crippen MR) is 81.5 cm³/mol. The fourth-order valence-corrected chi connectivity index (χ4v) is 5.50. The highest BCUT2D eigenvalue weighted by Gasteiger charge is 2.60. The summed E-state index contributed by atoms with van der Waals surface area (Å²) in [5.41, 5.74) is 1.38. The molecule has 0 radical (unpaired) electrons. The van der Waals surface area contributed by atoms with E-state index in [1.807, 2.05) is 0 Å². The van der Waals surface area contributed by atoms with Crippen LogP contribution in [0.5, 0.6) is 0 Å². The first kappa shape index (κ1) is 12.6. The number of hydrogen-bond donors (Lipinski definition) is 0. The van der Waals surface area contributed by atoms with Crippen molar-refractivity contribution in [3.63, 3.8) is 0 Å². The summed E-state index contributed by atoms with van der Waals surface area (Å²) >= 11 is 0. The molecule has 3 heteroatoms. The van der Waals surface area contributed by atoms with Gasteiger partial charge in [-0.1, -0.05) is 30.3 Å². The van der Waals surface area contributed by atoms with Crippen molar-refractivity contribution >= 4 is 0 Å². The maximum Gasteiger partial charge on any atom is 0.0853 e. The summed E-state index contributed by atoms with van der Waals surface area (Å²) in [4.78, 5) is 9.25. The van der Waals surface area contributed by atoms with Crippen LogP contribution in [0.4, 0.5) is 0 Å². The highest BCUT2D eigenvalue weighted by Crippen LogP contribution is 2.51. The zero-order valence-corrected chi connectivity index (χ0v) is 12.5. The molecule has 0 spiro atoms. The van der Waals surface area contributed by atoms with E-state index in [4.69, 9.17) is 4.84 Å². The first-order valence-corrected chi connectivity index (χ1v) is 8.65. The summed E-state index contributed by atoms with van der Waals surface area (Å²) in [7, 11) is 0. The SMILES string of the molecule is c1ccc(CN2O[C@@H]3CCC[C@H]4[C@@H]3[C@@H]2[C@H]2CCCN24)cc1. The Hall–Kier alpha value is -0.900. The molecule has 0 N–H and O–H groups in total. The first-order valence-electron chi connectivity index (χ1n) is 8.65. The van der Waals surface area contributed by atoms with Crippen molar-refractivity contribution in [1.29, 1.82) is 0 Å². The van der Waals surface area contributed by atoms with Gasteiger partial charge in [0.05, 0.1) is 12.1 Å². The van der Waals surface area contributed by atoms with Crippen LogP contribution in [0.3, 0.4) is 0 Å². The molecule has 1 aromatic carbocycles. The van der Waals surface area contributed by atoms with E-state index in [1.165, 1.54) is 44.2 Å². The Bertz CT molecular complexity index is 519. The number of benzene rings is 1. The smallest absolute Gasteiger partial charge is 0.0853 e. The van der Waals surface area contributed by atoms with Gasteiger partial charge in [0.2, 0.25) is 0 Å². The summed E-state index contributed by atoms with van der Waals surface area (Å²) in [6, 6.07) is 13.0. The lowest BCUT2D eigenvalue weighted by atomic mass is 9.80. The Labute approximate surface area is 126 Å². The van der Waals surface area contributed by atoms with Crippen LogP contribution in [0, 0.1) is 5.92 Å². The van der Waals surface area contributed by atoms with Gasteiger partial charge in [-0.15, -0.1) is 0 Å². The van der Waals surface area contributed by atoms with Gasteiger partial charge in [-0.3, -0.25) is 9.74 Å². The van der Waals surface area contributed by atoms with Gasteiger partial charge in [0, 0.05) is 24.5 Å². The zero-order chi connectivity index (χ0) is 13.8. The van der Waals surface area contributed by atoms with Gasteiger partial charge in [-0.25, -0.2) is 0 Å². The topological polar surface area (TPSA) is 15.7 Å². The lowest BCUT2D eigenvalue weighted by Gasteiger charge is -2.34. The number of fused-ring (bicyclic) bond motifs is 3. The molecule has 4 fully saturated rings. The Morgan fingerprint density at radius 1 is 1.00 bits per heavy atom. The lowest BCUT2D eigenvalue weighted by Crippen LogP contribution is -2.41. The van der Waals surface area contributed by atoms with Crippen LogP contribution in [0.2, 0.25) is 0 Å². The number of hydrogen-bond acceptors (Lipinski definition) is 3. The molecule has 0 amide bonds. The maximum atomic E-state index is 6.42. The molecule has 3 nitrogen and oxygen atoms in total. The van der Waals surface area contributed by atoms with E-state index < -0.39 is 0 Å². The van der Waals surface area contributed by atoms with E-state index >= 15 is 0 Å². The molecule has 5 rings (SSSR count). The average Bonchev–Trinajstić information content (AvgIpc) is 3.17. The minimum atomic E-state index is 0.489. The highest BCUT2D eigenvalue weighted by molar-refractivity contribution is 5.17. The summed E-state index contributed by atoms with van der Waals surface area (Å²) < 4.78 is 0. The summed E-state index contributed by atoms with van der Waals surface area (Å²) in [6.07, 6.45) is 7.26. The summed E-state index contributed by atoms with van der Waals surface area (Å²) in [5, 5.41) is 2.36. The van der Waals surface area contributed by atoms with Gasteiger partial charge in [0.1, 0.15) is 0 Å². The molecular weight excluding hydrogens is 260 g/mol. The van der Waals surface area contributed by atoms with Gasteiger partial charge in [-0.05, 0) is 44.2 Å². The molecule has 3 aliphatic heterocycles. The van der Waals surface area contributed by atoms with Gasteiger partial charge < -0.3 is 0 Å². The molecule has 112 valence electrons. The molecule has 1 saturated carbocycles.